The maximum absolute atomic E-state index is 11.8. The minimum absolute atomic E-state index is 0.171. The molecule has 0 bridgehead atoms. The van der Waals surface area contributed by atoms with Crippen molar-refractivity contribution in [1.82, 2.24) is 5.32 Å². The number of ether oxygens (including phenoxy) is 2. The molecule has 0 saturated heterocycles. The summed E-state index contributed by atoms with van der Waals surface area (Å²) < 4.78 is 11.0. The van der Waals surface area contributed by atoms with Crippen LogP contribution in [0.1, 0.15) is 12.5 Å². The molecule has 1 aromatic rings. The maximum Gasteiger partial charge on any atom is 0.275 e. The molecular formula is C14H14N2O3S. The van der Waals surface area contributed by atoms with E-state index in [1.54, 1.807) is 6.08 Å². The average Bonchev–Trinajstić information content (AvgIpc) is 2.79. The van der Waals surface area contributed by atoms with Crippen LogP contribution in [0.15, 0.2) is 28.9 Å². The van der Waals surface area contributed by atoms with Gasteiger partial charge in [0.05, 0.1) is 0 Å². The van der Waals surface area contributed by atoms with Gasteiger partial charge in [-0.1, -0.05) is 24.8 Å². The van der Waals surface area contributed by atoms with Crippen molar-refractivity contribution < 1.29 is 14.3 Å². The fraction of sp³-hybridized carbons (Fsp3) is 0.286. The number of fused-ring (bicyclic) bond motifs is 1. The molecule has 0 fully saturated rings. The number of amidine groups is 1. The number of rotatable bonds is 2. The second kappa shape index (κ2) is 5.58. The molecule has 104 valence electrons. The van der Waals surface area contributed by atoms with E-state index in [4.69, 9.17) is 9.47 Å². The molecule has 0 radical (unpaired) electrons. The quantitative estimate of drug-likeness (QED) is 0.847. The second-order valence-corrected chi connectivity index (χ2v) is 5.49. The molecule has 5 nitrogen and oxygen atoms in total. The molecule has 2 heterocycles. The van der Waals surface area contributed by atoms with Crippen LogP contribution in [-0.4, -0.2) is 30.0 Å². The van der Waals surface area contributed by atoms with Crippen molar-refractivity contribution in [3.8, 4) is 11.5 Å². The number of amides is 1. The second-order valence-electron chi connectivity index (χ2n) is 4.24. The molecule has 2 aliphatic rings. The van der Waals surface area contributed by atoms with Crippen LogP contribution in [0.3, 0.4) is 0 Å². The van der Waals surface area contributed by atoms with Crippen LogP contribution in [0.2, 0.25) is 0 Å². The predicted octanol–water partition coefficient (Wildman–Crippen LogP) is 2.04. The van der Waals surface area contributed by atoms with Crippen molar-refractivity contribution in [2.24, 2.45) is 4.99 Å². The number of nitrogens with zero attached hydrogens (tertiary/aromatic N) is 1. The first-order valence-electron chi connectivity index (χ1n) is 6.40. The predicted molar refractivity (Wildman–Crippen MR) is 79.1 cm³/mol. The van der Waals surface area contributed by atoms with Crippen molar-refractivity contribution in [2.45, 2.75) is 6.92 Å². The highest BCUT2D eigenvalue weighted by molar-refractivity contribution is 8.13. The third-order valence-corrected chi connectivity index (χ3v) is 3.58. The Morgan fingerprint density at radius 3 is 2.95 bits per heavy atom. The molecule has 0 atom stereocenters. The summed E-state index contributed by atoms with van der Waals surface area (Å²) in [4.78, 5) is 16.1. The summed E-state index contributed by atoms with van der Waals surface area (Å²) in [7, 11) is 0. The zero-order valence-corrected chi connectivity index (χ0v) is 11.8. The number of aliphatic imine (C=N–C) groups is 1. The van der Waals surface area contributed by atoms with E-state index >= 15 is 0 Å². The lowest BCUT2D eigenvalue weighted by Gasteiger charge is -2.18. The summed E-state index contributed by atoms with van der Waals surface area (Å²) >= 11 is 1.51. The minimum atomic E-state index is -0.171. The van der Waals surface area contributed by atoms with Gasteiger partial charge in [-0.3, -0.25) is 10.1 Å². The molecule has 0 saturated carbocycles. The maximum atomic E-state index is 11.8. The van der Waals surface area contributed by atoms with Gasteiger partial charge in [-0.25, -0.2) is 4.99 Å². The first kappa shape index (κ1) is 13.1. The Balaban J connectivity index is 1.86. The van der Waals surface area contributed by atoms with Gasteiger partial charge >= 0.3 is 0 Å². The lowest BCUT2D eigenvalue weighted by atomic mass is 10.1. The van der Waals surface area contributed by atoms with Gasteiger partial charge in [0.1, 0.15) is 18.9 Å². The largest absolute Gasteiger partial charge is 0.486 e. The summed E-state index contributed by atoms with van der Waals surface area (Å²) in [5, 5.41) is 3.39. The standard InChI is InChI=1S/C14H14N2O3S/c1-2-20-14-15-10(13(17)16-14)7-9-3-4-11-12(8-9)19-6-5-18-11/h3-4,7-8H,2,5-6H2,1H3,(H,15,16,17)/b10-7-. The highest BCUT2D eigenvalue weighted by atomic mass is 32.2. The van der Waals surface area contributed by atoms with Crippen LogP contribution >= 0.6 is 11.8 Å². The summed E-state index contributed by atoms with van der Waals surface area (Å²) in [5.74, 6) is 2.14. The lowest BCUT2D eigenvalue weighted by molar-refractivity contribution is -0.115. The molecule has 0 unspecified atom stereocenters. The molecule has 1 N–H and O–H groups in total. The zero-order valence-electron chi connectivity index (χ0n) is 11.0. The van der Waals surface area contributed by atoms with Gasteiger partial charge in [0.15, 0.2) is 16.7 Å². The van der Waals surface area contributed by atoms with Gasteiger partial charge in [-0.2, -0.15) is 0 Å². The van der Waals surface area contributed by atoms with E-state index in [0.717, 1.165) is 17.1 Å². The Bertz CT molecular complexity index is 610. The number of nitrogens with one attached hydrogen (secondary N) is 1. The third-order valence-electron chi connectivity index (χ3n) is 2.83. The first-order valence-corrected chi connectivity index (χ1v) is 7.39. The molecular weight excluding hydrogens is 276 g/mol. The summed E-state index contributed by atoms with van der Waals surface area (Å²) in [6.07, 6.45) is 1.75. The highest BCUT2D eigenvalue weighted by Gasteiger charge is 2.20. The van der Waals surface area contributed by atoms with E-state index in [1.165, 1.54) is 11.8 Å². The van der Waals surface area contributed by atoms with Crippen LogP contribution in [-0.2, 0) is 4.79 Å². The normalized spacial score (nSPS) is 18.9. The summed E-state index contributed by atoms with van der Waals surface area (Å²) in [6.45, 7) is 3.13. The topological polar surface area (TPSA) is 59.9 Å². The monoisotopic (exact) mass is 290 g/mol. The van der Waals surface area contributed by atoms with Crippen LogP contribution in [0, 0.1) is 0 Å². The molecule has 3 rings (SSSR count). The highest BCUT2D eigenvalue weighted by Crippen LogP contribution is 2.31. The van der Waals surface area contributed by atoms with Crippen LogP contribution in [0.25, 0.3) is 6.08 Å². The molecule has 20 heavy (non-hydrogen) atoms. The molecule has 0 spiro atoms. The molecule has 0 aromatic heterocycles. The van der Waals surface area contributed by atoms with E-state index < -0.39 is 0 Å². The van der Waals surface area contributed by atoms with Crippen LogP contribution in [0.5, 0.6) is 11.5 Å². The summed E-state index contributed by atoms with van der Waals surface area (Å²) in [5.41, 5.74) is 1.28. The average molecular weight is 290 g/mol. The number of hydrogen-bond donors (Lipinski definition) is 1. The van der Waals surface area contributed by atoms with E-state index in [0.29, 0.717) is 29.8 Å². The zero-order chi connectivity index (χ0) is 13.9. The number of hydrogen-bond acceptors (Lipinski definition) is 5. The van der Waals surface area contributed by atoms with E-state index in [2.05, 4.69) is 10.3 Å². The minimum Gasteiger partial charge on any atom is -0.486 e. The number of carbonyl (C=O) groups excluding carboxylic acids is 1. The van der Waals surface area contributed by atoms with Crippen molar-refractivity contribution >= 4 is 28.9 Å². The summed E-state index contributed by atoms with van der Waals surface area (Å²) in [6, 6.07) is 5.59. The van der Waals surface area contributed by atoms with Crippen molar-refractivity contribution in [1.29, 1.82) is 0 Å². The molecule has 2 aliphatic heterocycles. The third kappa shape index (κ3) is 2.65. The number of carbonyl (C=O) groups is 1. The Hall–Kier alpha value is -1.95. The first-order chi connectivity index (χ1) is 9.76. The molecule has 6 heteroatoms. The Morgan fingerprint density at radius 1 is 1.35 bits per heavy atom. The van der Waals surface area contributed by atoms with Crippen molar-refractivity contribution in [3.05, 3.63) is 29.5 Å². The van der Waals surface area contributed by atoms with Gasteiger partial charge in [-0.05, 0) is 29.5 Å². The Morgan fingerprint density at radius 2 is 2.15 bits per heavy atom. The molecule has 0 aliphatic carbocycles. The van der Waals surface area contributed by atoms with Gasteiger partial charge in [0.25, 0.3) is 5.91 Å². The van der Waals surface area contributed by atoms with Gasteiger partial charge in [-0.15, -0.1) is 0 Å². The smallest absolute Gasteiger partial charge is 0.275 e. The number of benzene rings is 1. The van der Waals surface area contributed by atoms with Crippen LogP contribution < -0.4 is 14.8 Å². The van der Waals surface area contributed by atoms with Gasteiger partial charge in [0, 0.05) is 0 Å². The van der Waals surface area contributed by atoms with Gasteiger partial charge < -0.3 is 9.47 Å². The van der Waals surface area contributed by atoms with E-state index in [1.807, 2.05) is 25.1 Å². The fourth-order valence-corrected chi connectivity index (χ4v) is 2.56. The van der Waals surface area contributed by atoms with Crippen LogP contribution in [0.4, 0.5) is 0 Å². The number of thioether (sulfide) groups is 1. The lowest BCUT2D eigenvalue weighted by Crippen LogP contribution is -2.21. The SMILES string of the molecule is CCSC1=N/C(=C\c2ccc3c(c2)OCCO3)C(=O)N1. The van der Waals surface area contributed by atoms with E-state index in [-0.39, 0.29) is 5.91 Å². The van der Waals surface area contributed by atoms with E-state index in [9.17, 15) is 4.79 Å². The molecule has 1 aromatic carbocycles. The Labute approximate surface area is 121 Å². The van der Waals surface area contributed by atoms with Crippen molar-refractivity contribution in [2.75, 3.05) is 19.0 Å². The fourth-order valence-electron chi connectivity index (χ4n) is 1.96. The van der Waals surface area contributed by atoms with Crippen molar-refractivity contribution in [3.63, 3.8) is 0 Å². The Kier molecular flexibility index (Phi) is 3.64. The van der Waals surface area contributed by atoms with Gasteiger partial charge in [0.2, 0.25) is 0 Å². The molecule has 1 amide bonds.